The largest absolute Gasteiger partial charge is 0.507 e. The number of carbonyl (C=O) groups is 2. The standard InChI is InChI=1S/C35H37ClFN7O4/c1-8-26(46)42-15-19(4)43-24(17-42)34(47)41(7)32-31(43)21-14-22(36)29(27-23(37)10-9-11-25(27)45)39-33(21)44(35(32)48)30-20(16-40(5)6)12-13-38-28(30)18(2)3/h8-14,18-19,24,45H,1,15-17H2,2-7H3/t19-,24-/m1/s1. The minimum Gasteiger partial charge on any atom is -0.507 e. The first kappa shape index (κ1) is 33.1. The Balaban J connectivity index is 1.78. The molecule has 2 atom stereocenters. The van der Waals surface area contributed by atoms with E-state index in [1.807, 2.05) is 50.7 Å². The average Bonchev–Trinajstić information content (AvgIpc) is 3.03. The molecule has 0 aliphatic carbocycles. The first-order chi connectivity index (χ1) is 22.8. The lowest BCUT2D eigenvalue weighted by atomic mass is 9.97. The summed E-state index contributed by atoms with van der Waals surface area (Å²) in [6.07, 6.45) is 2.92. The van der Waals surface area contributed by atoms with Crippen LogP contribution in [0, 0.1) is 5.82 Å². The molecule has 2 aliphatic heterocycles. The van der Waals surface area contributed by atoms with Crippen molar-refractivity contribution in [2.45, 2.75) is 45.3 Å². The molecular weight excluding hydrogens is 637 g/mol. The number of carbonyl (C=O) groups excluding carboxylic acids is 2. The Morgan fingerprint density at radius 3 is 2.56 bits per heavy atom. The fourth-order valence-corrected chi connectivity index (χ4v) is 7.16. The molecule has 1 saturated heterocycles. The van der Waals surface area contributed by atoms with Gasteiger partial charge < -0.3 is 24.7 Å². The lowest BCUT2D eigenvalue weighted by Crippen LogP contribution is -2.66. The van der Waals surface area contributed by atoms with E-state index in [1.165, 1.54) is 33.7 Å². The molecule has 4 aromatic rings. The van der Waals surface area contributed by atoms with Gasteiger partial charge in [-0.15, -0.1) is 0 Å². The van der Waals surface area contributed by atoms with Gasteiger partial charge in [-0.05, 0) is 62.8 Å². The number of aromatic nitrogens is 3. The number of hydrogen-bond donors (Lipinski definition) is 1. The monoisotopic (exact) mass is 673 g/mol. The van der Waals surface area contributed by atoms with E-state index in [-0.39, 0.29) is 64.2 Å². The number of anilines is 2. The molecule has 2 aliphatic rings. The van der Waals surface area contributed by atoms with Crippen LogP contribution in [0.3, 0.4) is 0 Å². The summed E-state index contributed by atoms with van der Waals surface area (Å²) < 4.78 is 16.8. The third kappa shape index (κ3) is 5.19. The topological polar surface area (TPSA) is 115 Å². The zero-order valence-corrected chi connectivity index (χ0v) is 28.4. The van der Waals surface area contributed by atoms with E-state index in [9.17, 15) is 14.7 Å². The predicted molar refractivity (Wildman–Crippen MR) is 185 cm³/mol. The maximum Gasteiger partial charge on any atom is 0.283 e. The van der Waals surface area contributed by atoms with Gasteiger partial charge in [0.15, 0.2) is 5.65 Å². The third-order valence-electron chi connectivity index (χ3n) is 8.96. The summed E-state index contributed by atoms with van der Waals surface area (Å²) in [7, 11) is 5.37. The molecule has 0 unspecified atom stereocenters. The fraction of sp³-hybridized carbons (Fsp3) is 0.343. The average molecular weight is 674 g/mol. The number of fused-ring (bicyclic) bond motifs is 5. The summed E-state index contributed by atoms with van der Waals surface area (Å²) in [4.78, 5) is 58.1. The normalized spacial score (nSPS) is 17.7. The molecule has 0 radical (unpaired) electrons. The molecule has 48 heavy (non-hydrogen) atoms. The third-order valence-corrected chi connectivity index (χ3v) is 9.25. The quantitative estimate of drug-likeness (QED) is 0.293. The van der Waals surface area contributed by atoms with Crippen LogP contribution in [0.4, 0.5) is 15.8 Å². The van der Waals surface area contributed by atoms with Crippen molar-refractivity contribution in [3.8, 4) is 22.7 Å². The van der Waals surface area contributed by atoms with Crippen LogP contribution >= 0.6 is 11.6 Å². The van der Waals surface area contributed by atoms with Gasteiger partial charge in [-0.3, -0.25) is 23.9 Å². The van der Waals surface area contributed by atoms with E-state index >= 15 is 9.18 Å². The van der Waals surface area contributed by atoms with E-state index in [0.717, 1.165) is 5.56 Å². The van der Waals surface area contributed by atoms with Crippen molar-refractivity contribution in [1.82, 2.24) is 24.3 Å². The molecule has 5 heterocycles. The van der Waals surface area contributed by atoms with E-state index in [0.29, 0.717) is 29.0 Å². The predicted octanol–water partition coefficient (Wildman–Crippen LogP) is 4.70. The number of benzene rings is 1. The molecule has 250 valence electrons. The minimum atomic E-state index is -0.809. The molecule has 0 spiro atoms. The SMILES string of the molecule is C=CC(=O)N1C[C@@H](C)N2c3c(c(=O)n(-c4c(CN(C)C)ccnc4C(C)C)c4nc(-c5c(O)cccc5F)c(Cl)cc34)N(C)C(=O)[C@H]2C1. The van der Waals surface area contributed by atoms with Gasteiger partial charge in [-0.2, -0.15) is 0 Å². The van der Waals surface area contributed by atoms with Crippen LogP contribution in [0.15, 0.2) is 54.0 Å². The highest BCUT2D eigenvalue weighted by molar-refractivity contribution is 6.34. The molecule has 1 N–H and O–H groups in total. The van der Waals surface area contributed by atoms with E-state index in [2.05, 4.69) is 11.6 Å². The fourth-order valence-electron chi connectivity index (χ4n) is 6.91. The summed E-state index contributed by atoms with van der Waals surface area (Å²) in [6, 6.07) is 6.14. The number of nitrogens with zero attached hydrogens (tertiary/aromatic N) is 7. The molecule has 3 aromatic heterocycles. The van der Waals surface area contributed by atoms with Crippen LogP contribution in [0.25, 0.3) is 28.0 Å². The van der Waals surface area contributed by atoms with Gasteiger partial charge in [0.2, 0.25) is 5.91 Å². The summed E-state index contributed by atoms with van der Waals surface area (Å²) in [6.45, 7) is 10.2. The molecule has 0 bridgehead atoms. The Kier molecular flexibility index (Phi) is 8.50. The number of aromatic hydroxyl groups is 1. The van der Waals surface area contributed by atoms with Crippen molar-refractivity contribution in [3.05, 3.63) is 81.6 Å². The van der Waals surface area contributed by atoms with Gasteiger partial charge >= 0.3 is 0 Å². The lowest BCUT2D eigenvalue weighted by Gasteiger charge is -2.50. The van der Waals surface area contributed by atoms with Crippen molar-refractivity contribution in [3.63, 3.8) is 0 Å². The van der Waals surface area contributed by atoms with E-state index in [4.69, 9.17) is 16.6 Å². The molecule has 6 rings (SSSR count). The minimum absolute atomic E-state index is 0.0308. The number of rotatable bonds is 6. The molecule has 1 aromatic carbocycles. The molecular formula is C35H37ClFN7O4. The number of halogens is 2. The van der Waals surface area contributed by atoms with Crippen LogP contribution in [-0.4, -0.2) is 87.6 Å². The van der Waals surface area contributed by atoms with Gasteiger partial charge in [0.25, 0.3) is 11.5 Å². The Morgan fingerprint density at radius 2 is 1.92 bits per heavy atom. The number of pyridine rings is 3. The summed E-state index contributed by atoms with van der Waals surface area (Å²) in [5, 5.41) is 11.2. The van der Waals surface area contributed by atoms with Crippen LogP contribution in [0.1, 0.15) is 37.9 Å². The Labute approximate surface area is 282 Å². The van der Waals surface area contributed by atoms with Crippen molar-refractivity contribution >= 4 is 45.8 Å². The van der Waals surface area contributed by atoms with Gasteiger partial charge in [-0.1, -0.05) is 38.1 Å². The van der Waals surface area contributed by atoms with Crippen molar-refractivity contribution in [1.29, 1.82) is 0 Å². The first-order valence-corrected chi connectivity index (χ1v) is 16.0. The molecule has 0 saturated carbocycles. The highest BCUT2D eigenvalue weighted by Crippen LogP contribution is 2.45. The zero-order chi connectivity index (χ0) is 34.8. The van der Waals surface area contributed by atoms with Gasteiger partial charge in [0.05, 0.1) is 39.9 Å². The van der Waals surface area contributed by atoms with Crippen molar-refractivity contribution in [2.75, 3.05) is 44.0 Å². The van der Waals surface area contributed by atoms with Crippen LogP contribution in [-0.2, 0) is 16.1 Å². The maximum absolute atomic E-state index is 15.3. The zero-order valence-electron chi connectivity index (χ0n) is 27.7. The highest BCUT2D eigenvalue weighted by atomic mass is 35.5. The Bertz CT molecular complexity index is 2040. The molecule has 11 nitrogen and oxygen atoms in total. The van der Waals surface area contributed by atoms with Crippen LogP contribution in [0.2, 0.25) is 5.02 Å². The van der Waals surface area contributed by atoms with E-state index < -0.39 is 23.5 Å². The van der Waals surface area contributed by atoms with Gasteiger partial charge in [0, 0.05) is 37.8 Å². The number of phenols is 1. The Morgan fingerprint density at radius 1 is 1.19 bits per heavy atom. The second-order valence-electron chi connectivity index (χ2n) is 12.9. The van der Waals surface area contributed by atoms with Gasteiger partial charge in [-0.25, -0.2) is 9.37 Å². The molecule has 2 amide bonds. The number of likely N-dealkylation sites (N-methyl/N-ethyl adjacent to an activating group) is 1. The Hall–Kier alpha value is -4.81. The smallest absolute Gasteiger partial charge is 0.283 e. The number of amides is 2. The van der Waals surface area contributed by atoms with E-state index in [1.54, 1.807) is 24.2 Å². The second-order valence-corrected chi connectivity index (χ2v) is 13.3. The summed E-state index contributed by atoms with van der Waals surface area (Å²) in [5.41, 5.74) is 1.80. The van der Waals surface area contributed by atoms with Crippen LogP contribution < -0.4 is 15.4 Å². The highest BCUT2D eigenvalue weighted by Gasteiger charge is 2.47. The second kappa shape index (κ2) is 12.3. The molecule has 1 fully saturated rings. The van der Waals surface area contributed by atoms with Crippen LogP contribution in [0.5, 0.6) is 5.75 Å². The number of phenolic OH excluding ortho intramolecular Hbond substituents is 1. The lowest BCUT2D eigenvalue weighted by molar-refractivity contribution is -0.129. The summed E-state index contributed by atoms with van der Waals surface area (Å²) in [5.74, 6) is -1.88. The molecule has 13 heteroatoms. The first-order valence-electron chi connectivity index (χ1n) is 15.6. The van der Waals surface area contributed by atoms with Gasteiger partial charge in [0.1, 0.15) is 23.3 Å². The van der Waals surface area contributed by atoms with Crippen molar-refractivity contribution in [2.24, 2.45) is 0 Å². The van der Waals surface area contributed by atoms with Crippen molar-refractivity contribution < 1.29 is 19.1 Å². The maximum atomic E-state index is 15.3. The number of piperazine rings is 1. The summed E-state index contributed by atoms with van der Waals surface area (Å²) >= 11 is 6.89. The number of hydrogen-bond acceptors (Lipinski definition) is 8.